The minimum Gasteiger partial charge on any atom is -0.484 e. The molecule has 0 aliphatic rings. The first kappa shape index (κ1) is 18.6. The first-order valence-corrected chi connectivity index (χ1v) is 8.56. The summed E-state index contributed by atoms with van der Waals surface area (Å²) in [5.41, 5.74) is 1.76. The van der Waals surface area contributed by atoms with Gasteiger partial charge in [-0.25, -0.2) is 0 Å². The van der Waals surface area contributed by atoms with Gasteiger partial charge in [0.1, 0.15) is 5.75 Å². The monoisotopic (exact) mass is 365 g/mol. The van der Waals surface area contributed by atoms with Crippen LogP contribution in [0, 0.1) is 0 Å². The highest BCUT2D eigenvalue weighted by Crippen LogP contribution is 2.30. The molecular formula is C19H21Cl2NO2. The van der Waals surface area contributed by atoms with Crippen LogP contribution < -0.4 is 10.1 Å². The Morgan fingerprint density at radius 1 is 1.08 bits per heavy atom. The molecular weight excluding hydrogens is 345 g/mol. The smallest absolute Gasteiger partial charge is 0.262 e. The van der Waals surface area contributed by atoms with Gasteiger partial charge in [0.05, 0.1) is 15.7 Å². The van der Waals surface area contributed by atoms with Gasteiger partial charge in [0.25, 0.3) is 5.91 Å². The number of carbonyl (C=O) groups is 1. The van der Waals surface area contributed by atoms with Gasteiger partial charge < -0.3 is 10.1 Å². The molecule has 5 heteroatoms. The summed E-state index contributed by atoms with van der Waals surface area (Å²) in [5.74, 6) is 0.328. The summed E-state index contributed by atoms with van der Waals surface area (Å²) >= 11 is 12.0. The molecule has 1 amide bonds. The number of para-hydroxylation sites is 1. The maximum atomic E-state index is 12.0. The van der Waals surface area contributed by atoms with Gasteiger partial charge in [-0.15, -0.1) is 0 Å². The zero-order chi connectivity index (χ0) is 17.7. The van der Waals surface area contributed by atoms with Gasteiger partial charge in [-0.2, -0.15) is 0 Å². The lowest BCUT2D eigenvalue weighted by Gasteiger charge is -2.23. The van der Waals surface area contributed by atoms with Gasteiger partial charge in [0.2, 0.25) is 0 Å². The van der Waals surface area contributed by atoms with Crippen LogP contribution in [0.15, 0.2) is 42.5 Å². The zero-order valence-electron chi connectivity index (χ0n) is 14.0. The third-order valence-corrected chi connectivity index (χ3v) is 4.75. The molecule has 0 aromatic heterocycles. The van der Waals surface area contributed by atoms with Crippen LogP contribution >= 0.6 is 23.2 Å². The molecule has 0 fully saturated rings. The zero-order valence-corrected chi connectivity index (χ0v) is 15.5. The van der Waals surface area contributed by atoms with Crippen molar-refractivity contribution in [2.45, 2.75) is 32.6 Å². The lowest BCUT2D eigenvalue weighted by Crippen LogP contribution is -2.20. The van der Waals surface area contributed by atoms with Crippen molar-refractivity contribution in [3.8, 4) is 5.75 Å². The third kappa shape index (κ3) is 4.65. The largest absolute Gasteiger partial charge is 0.484 e. The first-order valence-electron chi connectivity index (χ1n) is 7.80. The Kier molecular flexibility index (Phi) is 6.14. The number of amides is 1. The molecule has 0 spiro atoms. The second-order valence-electron chi connectivity index (χ2n) is 6.20. The fourth-order valence-corrected chi connectivity index (χ4v) is 2.64. The highest BCUT2D eigenvalue weighted by atomic mass is 35.5. The fraction of sp³-hybridized carbons (Fsp3) is 0.316. The predicted octanol–water partition coefficient (Wildman–Crippen LogP) is 5.70. The Balaban J connectivity index is 1.95. The number of benzene rings is 2. The summed E-state index contributed by atoms with van der Waals surface area (Å²) in [6.07, 6.45) is 1.05. The van der Waals surface area contributed by atoms with E-state index in [1.54, 1.807) is 18.2 Å². The normalized spacial score (nSPS) is 11.2. The van der Waals surface area contributed by atoms with Crippen molar-refractivity contribution in [2.24, 2.45) is 0 Å². The van der Waals surface area contributed by atoms with Crippen LogP contribution in [0.1, 0.15) is 32.8 Å². The second-order valence-corrected chi connectivity index (χ2v) is 7.01. The van der Waals surface area contributed by atoms with Crippen molar-refractivity contribution in [2.75, 3.05) is 11.9 Å². The second kappa shape index (κ2) is 7.91. The molecule has 0 saturated heterocycles. The van der Waals surface area contributed by atoms with Crippen LogP contribution in [-0.2, 0) is 10.2 Å². The van der Waals surface area contributed by atoms with Gasteiger partial charge in [0.15, 0.2) is 6.61 Å². The van der Waals surface area contributed by atoms with E-state index in [0.717, 1.165) is 6.42 Å². The van der Waals surface area contributed by atoms with Crippen LogP contribution in [0.25, 0.3) is 0 Å². The molecule has 0 aliphatic heterocycles. The van der Waals surface area contributed by atoms with Crippen LogP contribution in [0.3, 0.4) is 0 Å². The average molecular weight is 366 g/mol. The van der Waals surface area contributed by atoms with E-state index in [2.05, 4.69) is 26.1 Å². The Bertz CT molecular complexity index is 692. The number of nitrogens with one attached hydrogen (secondary N) is 1. The molecule has 1 N–H and O–H groups in total. The van der Waals surface area contributed by atoms with Gasteiger partial charge in [-0.05, 0) is 41.7 Å². The number of ether oxygens (including phenoxy) is 1. The molecule has 0 bridgehead atoms. The van der Waals surface area contributed by atoms with Crippen molar-refractivity contribution in [3.05, 3.63) is 58.1 Å². The van der Waals surface area contributed by atoms with E-state index in [0.29, 0.717) is 21.5 Å². The molecule has 0 saturated carbocycles. The minimum atomic E-state index is -0.317. The van der Waals surface area contributed by atoms with Crippen molar-refractivity contribution >= 4 is 34.8 Å². The van der Waals surface area contributed by atoms with Crippen molar-refractivity contribution in [1.29, 1.82) is 0 Å². The molecule has 0 radical (unpaired) electrons. The number of halogens is 2. The number of anilines is 1. The van der Waals surface area contributed by atoms with Crippen LogP contribution in [0.5, 0.6) is 5.75 Å². The van der Waals surface area contributed by atoms with E-state index in [9.17, 15) is 4.79 Å². The van der Waals surface area contributed by atoms with Crippen molar-refractivity contribution < 1.29 is 9.53 Å². The molecule has 2 rings (SSSR count). The highest BCUT2D eigenvalue weighted by molar-refractivity contribution is 6.39. The number of carbonyl (C=O) groups excluding carboxylic acids is 1. The SMILES string of the molecule is CCC(C)(C)c1ccc(OCC(=O)Nc2c(Cl)cccc2Cl)cc1. The van der Waals surface area contributed by atoms with Gasteiger partial charge >= 0.3 is 0 Å². The van der Waals surface area contributed by atoms with Crippen molar-refractivity contribution in [1.82, 2.24) is 0 Å². The standard InChI is InChI=1S/C19H21Cl2NO2/c1-4-19(2,3)13-8-10-14(11-9-13)24-12-17(23)22-18-15(20)6-5-7-16(18)21/h5-11H,4,12H2,1-3H3,(H,22,23). The summed E-state index contributed by atoms with van der Waals surface area (Å²) in [7, 11) is 0. The van der Waals surface area contributed by atoms with Crippen molar-refractivity contribution in [3.63, 3.8) is 0 Å². The molecule has 0 atom stereocenters. The summed E-state index contributed by atoms with van der Waals surface area (Å²) in [6, 6.07) is 12.9. The van der Waals surface area contributed by atoms with Crippen LogP contribution in [0.2, 0.25) is 10.0 Å². The molecule has 0 aliphatic carbocycles. The Morgan fingerprint density at radius 3 is 2.21 bits per heavy atom. The minimum absolute atomic E-state index is 0.113. The lowest BCUT2D eigenvalue weighted by molar-refractivity contribution is -0.118. The quantitative estimate of drug-likeness (QED) is 0.712. The van der Waals surface area contributed by atoms with E-state index in [4.69, 9.17) is 27.9 Å². The summed E-state index contributed by atoms with van der Waals surface area (Å²) in [5, 5.41) is 3.45. The Labute approximate surface area is 152 Å². The third-order valence-electron chi connectivity index (χ3n) is 4.12. The maximum absolute atomic E-state index is 12.0. The number of hydrogen-bond donors (Lipinski definition) is 1. The van der Waals surface area contributed by atoms with E-state index < -0.39 is 0 Å². The topological polar surface area (TPSA) is 38.3 Å². The summed E-state index contributed by atoms with van der Waals surface area (Å²) in [6.45, 7) is 6.44. The predicted molar refractivity (Wildman–Crippen MR) is 100 cm³/mol. The summed E-state index contributed by atoms with van der Waals surface area (Å²) < 4.78 is 5.52. The van der Waals surface area contributed by atoms with E-state index in [1.807, 2.05) is 24.3 Å². The number of hydrogen-bond acceptors (Lipinski definition) is 2. The molecule has 0 heterocycles. The van der Waals surface area contributed by atoms with E-state index in [1.165, 1.54) is 5.56 Å². The molecule has 0 unspecified atom stereocenters. The van der Waals surface area contributed by atoms with Gasteiger partial charge in [-0.1, -0.05) is 62.2 Å². The van der Waals surface area contributed by atoms with E-state index >= 15 is 0 Å². The number of rotatable bonds is 6. The highest BCUT2D eigenvalue weighted by Gasteiger charge is 2.17. The average Bonchev–Trinajstić information content (AvgIpc) is 2.57. The van der Waals surface area contributed by atoms with Gasteiger partial charge in [0, 0.05) is 0 Å². The van der Waals surface area contributed by atoms with Gasteiger partial charge in [-0.3, -0.25) is 4.79 Å². The fourth-order valence-electron chi connectivity index (χ4n) is 2.15. The molecule has 2 aromatic carbocycles. The Morgan fingerprint density at radius 2 is 1.67 bits per heavy atom. The Hall–Kier alpha value is -1.71. The first-order chi connectivity index (χ1) is 11.3. The maximum Gasteiger partial charge on any atom is 0.262 e. The van der Waals surface area contributed by atoms with E-state index in [-0.39, 0.29) is 17.9 Å². The lowest BCUT2D eigenvalue weighted by atomic mass is 9.82. The molecule has 128 valence electrons. The van der Waals surface area contributed by atoms with Crippen LogP contribution in [0.4, 0.5) is 5.69 Å². The molecule has 3 nitrogen and oxygen atoms in total. The molecule has 2 aromatic rings. The van der Waals surface area contributed by atoms with Crippen LogP contribution in [-0.4, -0.2) is 12.5 Å². The summed E-state index contributed by atoms with van der Waals surface area (Å²) in [4.78, 5) is 12.0. The molecule has 24 heavy (non-hydrogen) atoms.